The van der Waals surface area contributed by atoms with Crippen LogP contribution in [0.1, 0.15) is 54.4 Å². The Morgan fingerprint density at radius 2 is 1.62 bits per heavy atom. The van der Waals surface area contributed by atoms with E-state index in [1.807, 2.05) is 4.68 Å². The number of hydrogen-bond acceptors (Lipinski definition) is 4. The molecule has 0 aliphatic carbocycles. The Morgan fingerprint density at radius 3 is 2.16 bits per heavy atom. The molecule has 0 atom stereocenters. The minimum absolute atomic E-state index is 0.125. The van der Waals surface area contributed by atoms with Crippen LogP contribution in [0.4, 0.5) is 0 Å². The largest absolute Gasteiger partial charge is 0.478 e. The number of benzene rings is 2. The van der Waals surface area contributed by atoms with E-state index in [2.05, 4.69) is 55.5 Å². The van der Waals surface area contributed by atoms with E-state index in [1.54, 1.807) is 0 Å². The van der Waals surface area contributed by atoms with Gasteiger partial charge in [-0.05, 0) is 63.1 Å². The predicted octanol–water partition coefficient (Wildman–Crippen LogP) is 4.82. The quantitative estimate of drug-likeness (QED) is 0.523. The Balaban J connectivity index is 0.000000227. The first kappa shape index (κ1) is 24.7. The summed E-state index contributed by atoms with van der Waals surface area (Å²) in [5.74, 6) is -1.81. The summed E-state index contributed by atoms with van der Waals surface area (Å²) in [4.78, 5) is 21.4. The average Bonchev–Trinajstić information content (AvgIpc) is 3.17. The van der Waals surface area contributed by atoms with Crippen LogP contribution in [0, 0.1) is 6.92 Å². The maximum Gasteiger partial charge on any atom is 0.347 e. The smallest absolute Gasteiger partial charge is 0.347 e. The fraction of sp³-hybridized carbons (Fsp3) is 0.320. The van der Waals surface area contributed by atoms with E-state index in [9.17, 15) is 9.59 Å². The molecule has 2 aromatic carbocycles. The van der Waals surface area contributed by atoms with Gasteiger partial charge in [-0.1, -0.05) is 36.8 Å². The molecule has 0 unspecified atom stereocenters. The van der Waals surface area contributed by atoms with Gasteiger partial charge in [-0.25, -0.2) is 9.59 Å². The molecule has 7 nitrogen and oxygen atoms in total. The molecule has 0 amide bonds. The second-order valence-corrected chi connectivity index (χ2v) is 7.98. The maximum absolute atomic E-state index is 10.8. The number of carboxylic acids is 2. The van der Waals surface area contributed by atoms with E-state index >= 15 is 0 Å². The van der Waals surface area contributed by atoms with Crippen molar-refractivity contribution in [3.8, 4) is 5.75 Å². The predicted molar refractivity (Wildman–Crippen MR) is 122 cm³/mol. The maximum atomic E-state index is 10.8. The summed E-state index contributed by atoms with van der Waals surface area (Å²) in [6.45, 7) is 8.12. The standard InChI is InChI=1S/C14H18N2.C11H12O5/c1-3-9-16-10-8-14(15-16)11-13-6-4-12(2)5-7-13;1-11(2,10(14)15)16-8-5-3-7(4-6-8)9(12)13/h4-8,10H,3,9,11H2,1-2H3;3-6H,1-2H3,(H,12,13)(H,14,15). The molecule has 7 heteroatoms. The van der Waals surface area contributed by atoms with Crippen molar-refractivity contribution in [3.05, 3.63) is 83.2 Å². The molecule has 0 spiro atoms. The lowest BCUT2D eigenvalue weighted by molar-refractivity contribution is -0.152. The molecule has 32 heavy (non-hydrogen) atoms. The van der Waals surface area contributed by atoms with Crippen molar-refractivity contribution in [1.29, 1.82) is 0 Å². The highest BCUT2D eigenvalue weighted by Gasteiger charge is 2.29. The van der Waals surface area contributed by atoms with Gasteiger partial charge in [0, 0.05) is 19.2 Å². The van der Waals surface area contributed by atoms with Gasteiger partial charge in [-0.15, -0.1) is 0 Å². The van der Waals surface area contributed by atoms with Gasteiger partial charge in [-0.2, -0.15) is 5.10 Å². The molecule has 0 fully saturated rings. The van der Waals surface area contributed by atoms with Gasteiger partial charge in [0.25, 0.3) is 0 Å². The molecule has 2 N–H and O–H groups in total. The van der Waals surface area contributed by atoms with E-state index in [4.69, 9.17) is 14.9 Å². The summed E-state index contributed by atoms with van der Waals surface area (Å²) in [5.41, 5.74) is 2.57. The Labute approximate surface area is 188 Å². The summed E-state index contributed by atoms with van der Waals surface area (Å²) in [7, 11) is 0. The Hall–Kier alpha value is -3.61. The number of rotatable bonds is 8. The molecule has 0 aliphatic rings. The SMILES string of the molecule is CC(C)(Oc1ccc(C(=O)O)cc1)C(=O)O.CCCn1ccc(Cc2ccc(C)cc2)n1. The lowest BCUT2D eigenvalue weighted by atomic mass is 10.1. The number of carbonyl (C=O) groups is 2. The van der Waals surface area contributed by atoms with Gasteiger partial charge in [0.2, 0.25) is 0 Å². The fourth-order valence-electron chi connectivity index (χ4n) is 2.77. The number of nitrogens with zero attached hydrogens (tertiary/aromatic N) is 2. The summed E-state index contributed by atoms with van der Waals surface area (Å²) < 4.78 is 7.22. The first-order chi connectivity index (χ1) is 15.1. The molecule has 170 valence electrons. The van der Waals surface area contributed by atoms with Crippen LogP contribution in [0.25, 0.3) is 0 Å². The summed E-state index contributed by atoms with van der Waals surface area (Å²) in [5, 5.41) is 22.0. The average molecular weight is 439 g/mol. The van der Waals surface area contributed by atoms with Gasteiger partial charge in [0.1, 0.15) is 5.75 Å². The van der Waals surface area contributed by atoms with Gasteiger partial charge < -0.3 is 14.9 Å². The van der Waals surface area contributed by atoms with Crippen molar-refractivity contribution in [1.82, 2.24) is 9.78 Å². The minimum Gasteiger partial charge on any atom is -0.478 e. The molecular weight excluding hydrogens is 408 g/mol. The summed E-state index contributed by atoms with van der Waals surface area (Å²) in [6, 6.07) is 16.3. The highest BCUT2D eigenvalue weighted by molar-refractivity contribution is 5.87. The van der Waals surface area contributed by atoms with Crippen molar-refractivity contribution in [2.24, 2.45) is 0 Å². The monoisotopic (exact) mass is 438 g/mol. The van der Waals surface area contributed by atoms with Crippen molar-refractivity contribution in [2.75, 3.05) is 0 Å². The zero-order valence-corrected chi connectivity index (χ0v) is 18.9. The molecule has 3 aromatic rings. The Kier molecular flexibility index (Phi) is 8.58. The van der Waals surface area contributed by atoms with E-state index in [0.717, 1.165) is 25.1 Å². The summed E-state index contributed by atoms with van der Waals surface area (Å²) >= 11 is 0. The normalized spacial score (nSPS) is 10.8. The fourth-order valence-corrected chi connectivity index (χ4v) is 2.77. The molecule has 0 aliphatic heterocycles. The van der Waals surface area contributed by atoms with Crippen LogP contribution in [0.3, 0.4) is 0 Å². The van der Waals surface area contributed by atoms with Crippen molar-refractivity contribution >= 4 is 11.9 Å². The molecular formula is C25H30N2O5. The molecule has 3 rings (SSSR count). The van der Waals surface area contributed by atoms with Crippen LogP contribution in [0.2, 0.25) is 0 Å². The van der Waals surface area contributed by atoms with E-state index in [1.165, 1.54) is 49.2 Å². The van der Waals surface area contributed by atoms with Gasteiger partial charge in [0.05, 0.1) is 11.3 Å². The van der Waals surface area contributed by atoms with Crippen LogP contribution in [-0.4, -0.2) is 37.5 Å². The lowest BCUT2D eigenvalue weighted by Crippen LogP contribution is -2.37. The minimum atomic E-state index is -1.34. The van der Waals surface area contributed by atoms with Crippen LogP contribution < -0.4 is 4.74 Å². The van der Waals surface area contributed by atoms with Crippen molar-refractivity contribution < 1.29 is 24.5 Å². The van der Waals surface area contributed by atoms with Gasteiger partial charge in [0.15, 0.2) is 5.60 Å². The van der Waals surface area contributed by atoms with E-state index < -0.39 is 17.5 Å². The van der Waals surface area contributed by atoms with Crippen LogP contribution in [0.5, 0.6) is 5.75 Å². The third-order valence-corrected chi connectivity index (χ3v) is 4.64. The molecule has 0 bridgehead atoms. The highest BCUT2D eigenvalue weighted by atomic mass is 16.5. The molecule has 0 radical (unpaired) electrons. The first-order valence-corrected chi connectivity index (χ1v) is 10.4. The topological polar surface area (TPSA) is 102 Å². The second kappa shape index (κ2) is 11.1. The molecule has 1 heterocycles. The van der Waals surface area contributed by atoms with Crippen LogP contribution in [0.15, 0.2) is 60.8 Å². The van der Waals surface area contributed by atoms with Crippen molar-refractivity contribution in [2.45, 2.75) is 52.7 Å². The number of aryl methyl sites for hydroxylation is 2. The first-order valence-electron chi connectivity index (χ1n) is 10.4. The van der Waals surface area contributed by atoms with Gasteiger partial charge in [-0.3, -0.25) is 4.68 Å². The van der Waals surface area contributed by atoms with Gasteiger partial charge >= 0.3 is 11.9 Å². The number of carboxylic acid groups (broad SMARTS) is 2. The molecule has 0 saturated carbocycles. The van der Waals surface area contributed by atoms with Crippen LogP contribution >= 0.6 is 0 Å². The Morgan fingerprint density at radius 1 is 1.00 bits per heavy atom. The number of hydrogen-bond donors (Lipinski definition) is 2. The third-order valence-electron chi connectivity index (χ3n) is 4.64. The number of aromatic nitrogens is 2. The lowest BCUT2D eigenvalue weighted by Gasteiger charge is -2.21. The summed E-state index contributed by atoms with van der Waals surface area (Å²) in [6.07, 6.45) is 4.12. The highest BCUT2D eigenvalue weighted by Crippen LogP contribution is 2.19. The molecule has 0 saturated heterocycles. The Bertz CT molecular complexity index is 1020. The van der Waals surface area contributed by atoms with Crippen molar-refractivity contribution in [3.63, 3.8) is 0 Å². The third kappa shape index (κ3) is 7.58. The number of aliphatic carboxylic acids is 1. The second-order valence-electron chi connectivity index (χ2n) is 7.98. The molecule has 1 aromatic heterocycles. The van der Waals surface area contributed by atoms with E-state index in [-0.39, 0.29) is 5.56 Å². The number of ether oxygens (including phenoxy) is 1. The zero-order valence-electron chi connectivity index (χ0n) is 18.9. The van der Waals surface area contributed by atoms with E-state index in [0.29, 0.717) is 5.75 Å². The number of aromatic carboxylic acids is 1. The zero-order chi connectivity index (χ0) is 23.7. The van der Waals surface area contributed by atoms with Crippen LogP contribution in [-0.2, 0) is 17.8 Å².